The molecule has 0 fully saturated rings. The van der Waals surface area contributed by atoms with Gasteiger partial charge in [-0.2, -0.15) is 0 Å². The van der Waals surface area contributed by atoms with Gasteiger partial charge in [-0.3, -0.25) is 4.79 Å². The molecular weight excluding hydrogens is 454 g/mol. The number of benzene rings is 2. The maximum absolute atomic E-state index is 13.3. The second-order valence-electron chi connectivity index (χ2n) is 7.10. The molecule has 10 heteroatoms. The van der Waals surface area contributed by atoms with Crippen LogP contribution in [0.4, 0.5) is 5.69 Å². The Hall–Kier alpha value is -3.24. The van der Waals surface area contributed by atoms with Crippen LogP contribution in [0.3, 0.4) is 0 Å². The number of sulfone groups is 1. The first-order valence-corrected chi connectivity index (χ1v) is 11.9. The lowest BCUT2D eigenvalue weighted by Gasteiger charge is -2.24. The van der Waals surface area contributed by atoms with Gasteiger partial charge in [0.1, 0.15) is 10.6 Å². The van der Waals surface area contributed by atoms with Gasteiger partial charge in [0, 0.05) is 22.6 Å². The van der Waals surface area contributed by atoms with E-state index in [0.717, 1.165) is 0 Å². The van der Waals surface area contributed by atoms with Crippen molar-refractivity contribution < 1.29 is 32.5 Å². The van der Waals surface area contributed by atoms with E-state index in [1.165, 1.54) is 50.2 Å². The number of thiophene rings is 1. The van der Waals surface area contributed by atoms with Gasteiger partial charge < -0.3 is 24.6 Å². The first-order valence-electron chi connectivity index (χ1n) is 9.55. The van der Waals surface area contributed by atoms with Crippen LogP contribution < -0.4 is 19.5 Å². The molecule has 1 atom stereocenters. The van der Waals surface area contributed by atoms with Crippen molar-refractivity contribution in [2.45, 2.75) is 22.1 Å². The minimum Gasteiger partial charge on any atom is -0.502 e. The van der Waals surface area contributed by atoms with Crippen molar-refractivity contribution in [3.63, 3.8) is 0 Å². The third-order valence-electron chi connectivity index (χ3n) is 5.32. The number of carbonyl (C=O) groups is 1. The topological polar surface area (TPSA) is 111 Å². The number of anilines is 1. The zero-order valence-corrected chi connectivity index (χ0v) is 19.2. The molecule has 0 saturated heterocycles. The van der Waals surface area contributed by atoms with Crippen molar-refractivity contribution in [1.29, 1.82) is 0 Å². The Morgan fingerprint density at radius 1 is 1.03 bits per heavy atom. The predicted molar refractivity (Wildman–Crippen MR) is 119 cm³/mol. The van der Waals surface area contributed by atoms with E-state index in [4.69, 9.17) is 14.2 Å². The van der Waals surface area contributed by atoms with Crippen molar-refractivity contribution in [1.82, 2.24) is 0 Å². The summed E-state index contributed by atoms with van der Waals surface area (Å²) < 4.78 is 42.2. The lowest BCUT2D eigenvalue weighted by molar-refractivity contribution is -0.116. The molecule has 2 aromatic carbocycles. The van der Waals surface area contributed by atoms with Crippen LogP contribution in [0, 0.1) is 0 Å². The molecule has 0 spiro atoms. The van der Waals surface area contributed by atoms with Gasteiger partial charge >= 0.3 is 0 Å². The monoisotopic (exact) mass is 475 g/mol. The van der Waals surface area contributed by atoms with Crippen LogP contribution in [0.1, 0.15) is 22.8 Å². The maximum Gasteiger partial charge on any atom is 0.225 e. The Labute approximate surface area is 189 Å². The second-order valence-corrected chi connectivity index (χ2v) is 9.93. The third-order valence-corrected chi connectivity index (χ3v) is 8.36. The molecule has 1 aliphatic rings. The summed E-state index contributed by atoms with van der Waals surface area (Å²) in [7, 11) is 0.466. The van der Waals surface area contributed by atoms with E-state index in [-0.39, 0.29) is 45.1 Å². The highest BCUT2D eigenvalue weighted by Crippen LogP contribution is 2.48. The van der Waals surface area contributed by atoms with Gasteiger partial charge in [-0.1, -0.05) is 0 Å². The number of hydrogen-bond acceptors (Lipinski definition) is 8. The molecule has 0 saturated carbocycles. The number of aromatic hydroxyl groups is 1. The predicted octanol–water partition coefficient (Wildman–Crippen LogP) is 3.79. The standard InChI is InChI=1S/C22H21NO7S2/c1-28-13-4-6-14(7-5-13)32(26,27)18-11-31-22-15(10-19(24)23-20(18)22)12-8-16(29-2)21(25)17(9-12)30-3/h4-9,11,15,25H,10H2,1-3H3,(H,23,24)/t15-/m1/s1. The highest BCUT2D eigenvalue weighted by Gasteiger charge is 2.35. The number of phenolic OH excluding ortho intramolecular Hbond substituents is 1. The van der Waals surface area contributed by atoms with Crippen molar-refractivity contribution in [3.8, 4) is 23.0 Å². The number of fused-ring (bicyclic) bond motifs is 1. The number of methoxy groups -OCH3 is 3. The van der Waals surface area contributed by atoms with Gasteiger partial charge in [0.15, 0.2) is 11.5 Å². The number of carbonyl (C=O) groups excluding carboxylic acids is 1. The smallest absolute Gasteiger partial charge is 0.225 e. The van der Waals surface area contributed by atoms with Gasteiger partial charge in [-0.15, -0.1) is 11.3 Å². The number of ether oxygens (including phenoxy) is 3. The Morgan fingerprint density at radius 3 is 2.22 bits per heavy atom. The summed E-state index contributed by atoms with van der Waals surface area (Å²) in [6.45, 7) is 0. The molecular formula is C22H21NO7S2. The molecule has 0 radical (unpaired) electrons. The summed E-state index contributed by atoms with van der Waals surface area (Å²) in [5, 5.41) is 14.5. The number of phenols is 1. The summed E-state index contributed by atoms with van der Waals surface area (Å²) in [6.07, 6.45) is 0.118. The van der Waals surface area contributed by atoms with Gasteiger partial charge in [-0.05, 0) is 42.0 Å². The zero-order chi connectivity index (χ0) is 23.0. The Morgan fingerprint density at radius 2 is 1.66 bits per heavy atom. The van der Waals surface area contributed by atoms with E-state index in [1.807, 2.05) is 0 Å². The van der Waals surface area contributed by atoms with E-state index >= 15 is 0 Å². The highest BCUT2D eigenvalue weighted by atomic mass is 32.2. The normalized spacial score (nSPS) is 15.6. The molecule has 0 unspecified atom stereocenters. The fourth-order valence-corrected chi connectivity index (χ4v) is 6.58. The van der Waals surface area contributed by atoms with Gasteiger partial charge in [-0.25, -0.2) is 8.42 Å². The second kappa shape index (κ2) is 8.36. The van der Waals surface area contributed by atoms with Crippen LogP contribution in [-0.4, -0.2) is 40.8 Å². The molecule has 0 bridgehead atoms. The highest BCUT2D eigenvalue weighted by molar-refractivity contribution is 7.91. The quantitative estimate of drug-likeness (QED) is 0.558. The number of hydrogen-bond donors (Lipinski definition) is 2. The lowest BCUT2D eigenvalue weighted by atomic mass is 9.90. The minimum absolute atomic E-state index is 0.0402. The van der Waals surface area contributed by atoms with Gasteiger partial charge in [0.05, 0.1) is 31.9 Å². The Bertz CT molecular complexity index is 1260. The van der Waals surface area contributed by atoms with E-state index in [9.17, 15) is 18.3 Å². The molecule has 32 heavy (non-hydrogen) atoms. The van der Waals surface area contributed by atoms with E-state index in [1.54, 1.807) is 24.3 Å². The maximum atomic E-state index is 13.3. The fraction of sp³-hybridized carbons (Fsp3) is 0.227. The van der Waals surface area contributed by atoms with Crippen LogP contribution in [0.15, 0.2) is 51.6 Å². The summed E-state index contributed by atoms with van der Waals surface area (Å²) >= 11 is 1.25. The van der Waals surface area contributed by atoms with Crippen LogP contribution in [0.2, 0.25) is 0 Å². The molecule has 168 valence electrons. The van der Waals surface area contributed by atoms with E-state index < -0.39 is 15.8 Å². The summed E-state index contributed by atoms with van der Waals surface area (Å²) in [5.74, 6) is 0.0714. The number of rotatable bonds is 6. The lowest BCUT2D eigenvalue weighted by Crippen LogP contribution is -2.23. The van der Waals surface area contributed by atoms with Crippen molar-refractivity contribution in [2.24, 2.45) is 0 Å². The van der Waals surface area contributed by atoms with Gasteiger partial charge in [0.25, 0.3) is 0 Å². The SMILES string of the molecule is COc1ccc(S(=O)(=O)c2csc3c2NC(=O)C[C@@H]3c2cc(OC)c(O)c(OC)c2)cc1. The van der Waals surface area contributed by atoms with Crippen LogP contribution in [-0.2, 0) is 14.6 Å². The van der Waals surface area contributed by atoms with Crippen LogP contribution >= 0.6 is 11.3 Å². The summed E-state index contributed by atoms with van der Waals surface area (Å²) in [4.78, 5) is 13.4. The largest absolute Gasteiger partial charge is 0.502 e. The average Bonchev–Trinajstić information content (AvgIpc) is 3.23. The molecule has 2 N–H and O–H groups in total. The van der Waals surface area contributed by atoms with Gasteiger partial charge in [0.2, 0.25) is 21.5 Å². The summed E-state index contributed by atoms with van der Waals surface area (Å²) in [6, 6.07) is 9.33. The molecule has 1 aromatic heterocycles. The molecule has 4 rings (SSSR count). The Balaban J connectivity index is 1.82. The summed E-state index contributed by atoms with van der Waals surface area (Å²) in [5.41, 5.74) is 0.945. The average molecular weight is 476 g/mol. The zero-order valence-electron chi connectivity index (χ0n) is 17.5. The molecule has 1 aliphatic heterocycles. The Kier molecular flexibility index (Phi) is 5.74. The molecule has 3 aromatic rings. The first-order chi connectivity index (χ1) is 15.3. The molecule has 0 aliphatic carbocycles. The molecule has 8 nitrogen and oxygen atoms in total. The minimum atomic E-state index is -3.87. The number of amides is 1. The molecule has 1 amide bonds. The fourth-order valence-electron chi connectivity index (χ4n) is 3.67. The van der Waals surface area contributed by atoms with E-state index in [0.29, 0.717) is 16.2 Å². The number of nitrogens with one attached hydrogen (secondary N) is 1. The van der Waals surface area contributed by atoms with Crippen molar-refractivity contribution >= 4 is 32.8 Å². The van der Waals surface area contributed by atoms with Crippen molar-refractivity contribution in [3.05, 3.63) is 52.2 Å². The van der Waals surface area contributed by atoms with E-state index in [2.05, 4.69) is 5.32 Å². The van der Waals surface area contributed by atoms with Crippen molar-refractivity contribution in [2.75, 3.05) is 26.6 Å². The third kappa shape index (κ3) is 3.65. The van der Waals surface area contributed by atoms with Crippen LogP contribution in [0.25, 0.3) is 0 Å². The molecule has 2 heterocycles. The van der Waals surface area contributed by atoms with Crippen LogP contribution in [0.5, 0.6) is 23.0 Å². The first kappa shape index (κ1) is 22.0.